The summed E-state index contributed by atoms with van der Waals surface area (Å²) in [6.07, 6.45) is 8.13. The number of aromatic nitrogens is 1. The van der Waals surface area contributed by atoms with Crippen molar-refractivity contribution < 1.29 is 39.0 Å². The highest BCUT2D eigenvalue weighted by Gasteiger charge is 2.40. The number of hydrogen-bond acceptors (Lipinski definition) is 11. The van der Waals surface area contributed by atoms with Crippen molar-refractivity contribution in [1.29, 1.82) is 0 Å². The molecule has 0 saturated heterocycles. The number of hydrogen-bond donors (Lipinski definition) is 4. The number of methoxy groups -OCH3 is 1. The van der Waals surface area contributed by atoms with Crippen LogP contribution in [0.5, 0.6) is 5.75 Å². The zero-order valence-corrected chi connectivity index (χ0v) is 50.6. The number of likely N-dealkylation sites (N-methyl/N-ethyl adjacent to an activating group) is 1. The topological polar surface area (TPSA) is 193 Å². The third kappa shape index (κ3) is 20.2. The van der Waals surface area contributed by atoms with E-state index in [0.29, 0.717) is 17.9 Å². The van der Waals surface area contributed by atoms with Gasteiger partial charge in [0.2, 0.25) is 0 Å². The Labute approximate surface area is 493 Å². The number of rotatable bonds is 17. The normalized spacial score (nSPS) is 16.2. The van der Waals surface area contributed by atoms with Crippen molar-refractivity contribution in [3.8, 4) is 5.75 Å². The second-order valence-corrected chi connectivity index (χ2v) is 24.1. The van der Waals surface area contributed by atoms with Gasteiger partial charge in [-0.1, -0.05) is 160 Å². The van der Waals surface area contributed by atoms with E-state index in [1.54, 1.807) is 20.1 Å². The molecule has 1 amide bonds. The second kappa shape index (κ2) is 33.2. The van der Waals surface area contributed by atoms with E-state index < -0.39 is 40.5 Å². The van der Waals surface area contributed by atoms with Crippen LogP contribution in [0, 0.1) is 11.8 Å². The van der Waals surface area contributed by atoms with Gasteiger partial charge < -0.3 is 45.0 Å². The van der Waals surface area contributed by atoms with Crippen molar-refractivity contribution in [3.63, 3.8) is 0 Å². The summed E-state index contributed by atoms with van der Waals surface area (Å²) in [6.45, 7) is 10.3. The number of amides is 1. The number of pyridine rings is 1. The van der Waals surface area contributed by atoms with E-state index in [-0.39, 0.29) is 16.6 Å². The smallest absolute Gasteiger partial charge is 0.337 e. The average molecular weight is 1150 g/mol. The van der Waals surface area contributed by atoms with Gasteiger partial charge in [0.05, 0.1) is 35.6 Å². The summed E-state index contributed by atoms with van der Waals surface area (Å²) in [7, 11) is 10.1. The standard InChI is InChI=1S/C17H20N2S.C16H25NO2.C15H15NO2S.C13H18O2.C6H5NO2/c1-13(18(2)3)12-19-14-8-4-6-10-16(14)20-17-11-7-5-9-15(17)19;1-17(2)12-14-7-4-5-10-16(14,18)13-8-6-9-15(11-13)19-3;16-14(17)11-19(18)15(12-7-3-1-4-8-12)13-9-5-2-6-10-13;1-9(2)8-11-4-6-12(7-5-11)10(3)13(14)15;8-6(9)5-2-1-3-7-4-5/h4-11,13H,12H2,1-3H3;6,8-9,11,14,18H,4-5,7,10,12H2,1-3H3;1-10,15H,11H2,(H2,16,17);4-7,9-10H,8H2,1-3H3,(H,14,15);1-4H,(H,8,9)/t;14-,16+;;;/m.1.../s1. The third-order valence-electron chi connectivity index (χ3n) is 14.2. The summed E-state index contributed by atoms with van der Waals surface area (Å²) in [6, 6.07) is 55.8. The van der Waals surface area contributed by atoms with Gasteiger partial charge in [0.15, 0.2) is 11.0 Å². The van der Waals surface area contributed by atoms with Gasteiger partial charge in [-0.25, -0.2) is 4.79 Å². The number of nitrogens with two attached hydrogens (primary N) is 1. The molecule has 13 nitrogen and oxygen atoms in total. The number of aromatic carboxylic acids is 1. The lowest BCUT2D eigenvalue weighted by Gasteiger charge is -2.41. The Morgan fingerprint density at radius 2 is 1.33 bits per heavy atom. The Bertz CT molecular complexity index is 2940. The minimum Gasteiger partial charge on any atom is -0.615 e. The van der Waals surface area contributed by atoms with Crippen LogP contribution in [-0.4, -0.2) is 113 Å². The maximum absolute atomic E-state index is 12.4. The minimum atomic E-state index is -1.36. The Morgan fingerprint density at radius 1 is 0.756 bits per heavy atom. The fraction of sp³-hybridized carbons (Fsp3) is 0.343. The van der Waals surface area contributed by atoms with E-state index in [1.165, 1.54) is 51.6 Å². The Kier molecular flexibility index (Phi) is 26.7. The second-order valence-electron chi connectivity index (χ2n) is 21.5. The summed E-state index contributed by atoms with van der Waals surface area (Å²) < 4.78 is 17.7. The number of aliphatic carboxylic acids is 1. The van der Waals surface area contributed by atoms with Gasteiger partial charge in [0.25, 0.3) is 5.91 Å². The van der Waals surface area contributed by atoms with E-state index in [0.717, 1.165) is 66.8 Å². The maximum atomic E-state index is 12.4. The molecule has 15 heteroatoms. The molecule has 7 aromatic rings. The summed E-state index contributed by atoms with van der Waals surface area (Å²) in [5.41, 5.74) is 12.3. The number of benzene rings is 6. The SMILES string of the molecule is CC(C)Cc1ccc(C(C)C(=O)O)cc1.CC(CN1c2ccccc2Sc2ccccc21)N(C)C.COc1cccc([C@@]2(O)CCCC[C@@H]2CN(C)C)c1.NC(=O)C[S+]([O-])C(c1ccccc1)c1ccccc1.O=C(O)c1cccnc1. The molecule has 0 radical (unpaired) electrons. The number of carbonyl (C=O) groups is 3. The van der Waals surface area contributed by atoms with E-state index >= 15 is 0 Å². The molecule has 1 aromatic heterocycles. The zero-order valence-electron chi connectivity index (χ0n) is 48.9. The lowest BCUT2D eigenvalue weighted by atomic mass is 9.71. The molecule has 82 heavy (non-hydrogen) atoms. The number of carboxylic acid groups (broad SMARTS) is 2. The predicted octanol–water partition coefficient (Wildman–Crippen LogP) is 12.7. The van der Waals surface area contributed by atoms with Gasteiger partial charge in [-0.05, 0) is 144 Å². The number of ether oxygens (including phenoxy) is 1. The number of anilines is 2. The van der Waals surface area contributed by atoms with Gasteiger partial charge in [0, 0.05) is 58.4 Å². The van der Waals surface area contributed by atoms with Crippen LogP contribution in [0.2, 0.25) is 0 Å². The first kappa shape index (κ1) is 65.8. The summed E-state index contributed by atoms with van der Waals surface area (Å²) in [5, 5.41) is 28.1. The van der Waals surface area contributed by atoms with Crippen LogP contribution < -0.4 is 15.4 Å². The summed E-state index contributed by atoms with van der Waals surface area (Å²) in [5.74, 6) is -1.06. The van der Waals surface area contributed by atoms with Gasteiger partial charge >= 0.3 is 11.9 Å². The fourth-order valence-electron chi connectivity index (χ4n) is 9.61. The first-order valence-corrected chi connectivity index (χ1v) is 29.9. The predicted molar refractivity (Wildman–Crippen MR) is 334 cm³/mol. The molecular weight excluding hydrogens is 1070 g/mol. The van der Waals surface area contributed by atoms with E-state index in [1.807, 2.05) is 121 Å². The van der Waals surface area contributed by atoms with Crippen molar-refractivity contribution in [2.75, 3.05) is 59.0 Å². The summed E-state index contributed by atoms with van der Waals surface area (Å²) in [4.78, 5) is 45.1. The molecule has 1 saturated carbocycles. The van der Waals surface area contributed by atoms with Crippen molar-refractivity contribution in [2.24, 2.45) is 17.6 Å². The van der Waals surface area contributed by atoms with Crippen molar-refractivity contribution in [3.05, 3.63) is 216 Å². The van der Waals surface area contributed by atoms with Gasteiger partial charge in [0.1, 0.15) is 5.75 Å². The highest BCUT2D eigenvalue weighted by Crippen LogP contribution is 2.48. The molecule has 2 heterocycles. The number of para-hydroxylation sites is 2. The van der Waals surface area contributed by atoms with Crippen molar-refractivity contribution in [1.82, 2.24) is 14.8 Å². The molecule has 436 valence electrons. The molecule has 9 rings (SSSR count). The first-order chi connectivity index (χ1) is 39.2. The van der Waals surface area contributed by atoms with Crippen molar-refractivity contribution in [2.45, 2.75) is 92.4 Å². The quantitative estimate of drug-likeness (QED) is 0.0630. The molecule has 2 aliphatic rings. The van der Waals surface area contributed by atoms with Crippen LogP contribution in [-0.2, 0) is 32.8 Å². The Balaban J connectivity index is 0.000000192. The molecule has 5 atom stereocenters. The van der Waals surface area contributed by atoms with Crippen LogP contribution in [0.1, 0.15) is 103 Å². The van der Waals surface area contributed by atoms with E-state index in [9.17, 15) is 24.0 Å². The van der Waals surface area contributed by atoms with Crippen LogP contribution in [0.25, 0.3) is 0 Å². The molecule has 3 unspecified atom stereocenters. The molecule has 1 aliphatic heterocycles. The van der Waals surface area contributed by atoms with Crippen LogP contribution in [0.15, 0.2) is 192 Å². The number of carbonyl (C=O) groups excluding carboxylic acids is 1. The molecule has 1 aliphatic carbocycles. The molecule has 0 spiro atoms. The maximum Gasteiger partial charge on any atom is 0.337 e. The Hall–Kier alpha value is -6.98. The number of nitrogens with zero attached hydrogens (tertiary/aromatic N) is 4. The van der Waals surface area contributed by atoms with Gasteiger partial charge in [-0.2, -0.15) is 0 Å². The number of aliphatic hydroxyl groups is 1. The summed E-state index contributed by atoms with van der Waals surface area (Å²) >= 11 is 0.502. The molecule has 5 N–H and O–H groups in total. The highest BCUT2D eigenvalue weighted by molar-refractivity contribution is 7.99. The van der Waals surface area contributed by atoms with Crippen LogP contribution in [0.4, 0.5) is 11.4 Å². The molecule has 1 fully saturated rings. The minimum absolute atomic E-state index is 0.131. The molecular formula is C67H83N5O8S2. The van der Waals surface area contributed by atoms with Gasteiger partial charge in [-0.3, -0.25) is 14.6 Å². The van der Waals surface area contributed by atoms with Crippen LogP contribution in [0.3, 0.4) is 0 Å². The third-order valence-corrected chi connectivity index (χ3v) is 17.0. The number of primary amides is 1. The lowest BCUT2D eigenvalue weighted by molar-refractivity contribution is -0.138. The monoisotopic (exact) mass is 1150 g/mol. The largest absolute Gasteiger partial charge is 0.615 e. The molecule has 6 aromatic carbocycles. The Morgan fingerprint density at radius 3 is 1.80 bits per heavy atom. The van der Waals surface area contributed by atoms with Crippen molar-refractivity contribution >= 4 is 52.2 Å². The van der Waals surface area contributed by atoms with E-state index in [2.05, 4.69) is 117 Å². The average Bonchev–Trinajstić information content (AvgIpc) is 3.66. The van der Waals surface area contributed by atoms with Crippen LogP contribution >= 0.6 is 11.8 Å². The lowest BCUT2D eigenvalue weighted by Crippen LogP contribution is -2.43. The molecule has 0 bridgehead atoms. The number of carboxylic acids is 2. The van der Waals surface area contributed by atoms with Gasteiger partial charge in [-0.15, -0.1) is 0 Å². The fourth-order valence-corrected chi connectivity index (χ4v) is 12.1. The number of fused-ring (bicyclic) bond motifs is 2. The van der Waals surface area contributed by atoms with E-state index in [4.69, 9.17) is 20.7 Å². The zero-order chi connectivity index (χ0) is 59.8. The first-order valence-electron chi connectivity index (χ1n) is 27.7. The highest BCUT2D eigenvalue weighted by atomic mass is 32.2.